The van der Waals surface area contributed by atoms with Crippen molar-refractivity contribution in [3.8, 4) is 5.75 Å². The van der Waals surface area contributed by atoms with E-state index in [1.165, 1.54) is 16.7 Å². The minimum atomic E-state index is 0.375. The Morgan fingerprint density at radius 3 is 2.62 bits per heavy atom. The van der Waals surface area contributed by atoms with Gasteiger partial charge in [-0.25, -0.2) is 0 Å². The van der Waals surface area contributed by atoms with Crippen LogP contribution in [0.4, 0.5) is 0 Å². The van der Waals surface area contributed by atoms with E-state index in [-0.39, 0.29) is 0 Å². The van der Waals surface area contributed by atoms with Crippen LogP contribution in [0, 0.1) is 6.92 Å². The summed E-state index contributed by atoms with van der Waals surface area (Å²) in [6.07, 6.45) is 4.53. The Labute approximate surface area is 127 Å². The van der Waals surface area contributed by atoms with Gasteiger partial charge in [0.25, 0.3) is 0 Å². The van der Waals surface area contributed by atoms with Crippen molar-refractivity contribution < 1.29 is 4.74 Å². The number of hydrogen-bond acceptors (Lipinski definition) is 3. The van der Waals surface area contributed by atoms with Crippen molar-refractivity contribution in [3.63, 3.8) is 0 Å². The second-order valence-electron chi connectivity index (χ2n) is 5.26. The molecule has 0 amide bonds. The summed E-state index contributed by atoms with van der Waals surface area (Å²) >= 11 is 0. The molecule has 2 aromatic rings. The zero-order valence-electron chi connectivity index (χ0n) is 13.1. The van der Waals surface area contributed by atoms with Gasteiger partial charge in [-0.2, -0.15) is 0 Å². The Morgan fingerprint density at radius 1 is 1.19 bits per heavy atom. The molecule has 0 radical (unpaired) electrons. The number of aromatic nitrogens is 1. The van der Waals surface area contributed by atoms with Gasteiger partial charge in [-0.3, -0.25) is 4.98 Å². The summed E-state index contributed by atoms with van der Waals surface area (Å²) in [6.45, 7) is 8.07. The second kappa shape index (κ2) is 7.79. The number of nitrogens with zero attached hydrogens (tertiary/aromatic N) is 1. The highest BCUT2D eigenvalue weighted by atomic mass is 16.5. The first-order valence-corrected chi connectivity index (χ1v) is 7.56. The van der Waals surface area contributed by atoms with E-state index in [2.05, 4.69) is 49.3 Å². The maximum atomic E-state index is 5.89. The lowest BCUT2D eigenvalue weighted by Gasteiger charge is -2.15. The van der Waals surface area contributed by atoms with Crippen molar-refractivity contribution in [2.24, 2.45) is 0 Å². The molecule has 112 valence electrons. The number of benzene rings is 1. The van der Waals surface area contributed by atoms with Gasteiger partial charge in [0.05, 0.1) is 6.61 Å². The van der Waals surface area contributed by atoms with Crippen molar-refractivity contribution in [1.29, 1.82) is 0 Å². The van der Waals surface area contributed by atoms with Crippen LogP contribution in [0.2, 0.25) is 0 Å². The van der Waals surface area contributed by atoms with E-state index < -0.39 is 0 Å². The number of ether oxygens (including phenoxy) is 1. The molecule has 0 spiro atoms. The third-order valence-corrected chi connectivity index (χ3v) is 3.61. The van der Waals surface area contributed by atoms with Gasteiger partial charge in [0, 0.05) is 24.9 Å². The molecule has 21 heavy (non-hydrogen) atoms. The molecule has 0 fully saturated rings. The van der Waals surface area contributed by atoms with Gasteiger partial charge in [0.15, 0.2) is 0 Å². The predicted octanol–water partition coefficient (Wildman–Crippen LogP) is 3.68. The van der Waals surface area contributed by atoms with Crippen LogP contribution in [0.15, 0.2) is 42.7 Å². The number of nitrogens with one attached hydrogen (secondary N) is 1. The van der Waals surface area contributed by atoms with Crippen molar-refractivity contribution in [2.45, 2.75) is 33.2 Å². The molecule has 0 aliphatic heterocycles. The summed E-state index contributed by atoms with van der Waals surface area (Å²) in [5, 5.41) is 3.43. The largest absolute Gasteiger partial charge is 0.493 e. The molecule has 0 aliphatic rings. The van der Waals surface area contributed by atoms with Crippen molar-refractivity contribution in [3.05, 3.63) is 59.4 Å². The Balaban J connectivity index is 1.92. The summed E-state index contributed by atoms with van der Waals surface area (Å²) in [5.74, 6) is 0.969. The topological polar surface area (TPSA) is 34.1 Å². The van der Waals surface area contributed by atoms with Gasteiger partial charge in [-0.05, 0) is 55.3 Å². The van der Waals surface area contributed by atoms with Gasteiger partial charge in [-0.15, -0.1) is 0 Å². The summed E-state index contributed by atoms with van der Waals surface area (Å²) in [4.78, 5) is 4.02. The lowest BCUT2D eigenvalue weighted by molar-refractivity contribution is 0.319. The maximum Gasteiger partial charge on any atom is 0.122 e. The molecule has 0 aliphatic carbocycles. The Morgan fingerprint density at radius 2 is 1.95 bits per heavy atom. The molecule has 1 atom stereocenters. The molecule has 0 saturated heterocycles. The van der Waals surface area contributed by atoms with Crippen LogP contribution < -0.4 is 10.1 Å². The molecule has 0 saturated carbocycles. The quantitative estimate of drug-likeness (QED) is 0.842. The fraction of sp³-hybridized carbons (Fsp3) is 0.389. The van der Waals surface area contributed by atoms with Gasteiger partial charge in [-0.1, -0.05) is 19.1 Å². The molecule has 1 aromatic heterocycles. The summed E-state index contributed by atoms with van der Waals surface area (Å²) in [6, 6.07) is 10.8. The molecular formula is C18H24N2O. The number of hydrogen-bond donors (Lipinski definition) is 1. The van der Waals surface area contributed by atoms with Crippen LogP contribution in [-0.4, -0.2) is 18.1 Å². The molecule has 1 heterocycles. The average molecular weight is 284 g/mol. The lowest BCUT2D eigenvalue weighted by Crippen LogP contribution is -2.17. The lowest BCUT2D eigenvalue weighted by atomic mass is 10.1. The van der Waals surface area contributed by atoms with E-state index in [1.54, 1.807) is 0 Å². The van der Waals surface area contributed by atoms with E-state index in [9.17, 15) is 0 Å². The smallest absolute Gasteiger partial charge is 0.122 e. The van der Waals surface area contributed by atoms with Gasteiger partial charge in [0.2, 0.25) is 0 Å². The molecule has 1 unspecified atom stereocenters. The Hall–Kier alpha value is -1.87. The Bertz CT molecular complexity index is 554. The monoisotopic (exact) mass is 284 g/mol. The van der Waals surface area contributed by atoms with Crippen molar-refractivity contribution >= 4 is 0 Å². The van der Waals surface area contributed by atoms with Gasteiger partial charge in [0.1, 0.15) is 5.75 Å². The third kappa shape index (κ3) is 4.57. The normalized spacial score (nSPS) is 12.1. The highest BCUT2D eigenvalue weighted by Gasteiger charge is 2.06. The predicted molar refractivity (Wildman–Crippen MR) is 86.7 cm³/mol. The standard InChI is InChI=1S/C18H24N2O/c1-4-20-15(3)17-5-6-18(14(2)13-17)21-12-9-16-7-10-19-11-8-16/h5-8,10-11,13,15,20H,4,9,12H2,1-3H3. The minimum Gasteiger partial charge on any atom is -0.493 e. The fourth-order valence-corrected chi connectivity index (χ4v) is 2.36. The molecule has 3 nitrogen and oxygen atoms in total. The molecular weight excluding hydrogens is 260 g/mol. The fourth-order valence-electron chi connectivity index (χ4n) is 2.36. The van der Waals surface area contributed by atoms with Crippen LogP contribution in [0.5, 0.6) is 5.75 Å². The minimum absolute atomic E-state index is 0.375. The first-order chi connectivity index (χ1) is 10.2. The Kier molecular flexibility index (Phi) is 5.76. The zero-order chi connectivity index (χ0) is 15.1. The highest BCUT2D eigenvalue weighted by Crippen LogP contribution is 2.22. The SMILES string of the molecule is CCNC(C)c1ccc(OCCc2ccncc2)c(C)c1. The molecule has 3 heteroatoms. The molecule has 1 aromatic carbocycles. The second-order valence-corrected chi connectivity index (χ2v) is 5.26. The molecule has 0 bridgehead atoms. The van der Waals surface area contributed by atoms with Crippen LogP contribution in [-0.2, 0) is 6.42 Å². The van der Waals surface area contributed by atoms with E-state index in [1.807, 2.05) is 24.5 Å². The number of pyridine rings is 1. The summed E-state index contributed by atoms with van der Waals surface area (Å²) < 4.78 is 5.89. The molecule has 1 N–H and O–H groups in total. The number of aryl methyl sites for hydroxylation is 1. The number of rotatable bonds is 7. The van der Waals surface area contributed by atoms with Gasteiger partial charge < -0.3 is 10.1 Å². The van der Waals surface area contributed by atoms with Gasteiger partial charge >= 0.3 is 0 Å². The summed E-state index contributed by atoms with van der Waals surface area (Å²) in [5.41, 5.74) is 3.74. The first kappa shape index (κ1) is 15.5. The van der Waals surface area contributed by atoms with E-state index in [0.29, 0.717) is 12.6 Å². The summed E-state index contributed by atoms with van der Waals surface area (Å²) in [7, 11) is 0. The van der Waals surface area contributed by atoms with Crippen molar-refractivity contribution in [2.75, 3.05) is 13.2 Å². The van der Waals surface area contributed by atoms with E-state index in [4.69, 9.17) is 4.74 Å². The average Bonchev–Trinajstić information content (AvgIpc) is 2.50. The zero-order valence-corrected chi connectivity index (χ0v) is 13.1. The highest BCUT2D eigenvalue weighted by molar-refractivity contribution is 5.37. The van der Waals surface area contributed by atoms with Crippen molar-refractivity contribution in [1.82, 2.24) is 10.3 Å². The van der Waals surface area contributed by atoms with Crippen LogP contribution >= 0.6 is 0 Å². The first-order valence-electron chi connectivity index (χ1n) is 7.56. The van der Waals surface area contributed by atoms with E-state index in [0.717, 1.165) is 18.7 Å². The maximum absolute atomic E-state index is 5.89. The van der Waals surface area contributed by atoms with E-state index >= 15 is 0 Å². The van der Waals surface area contributed by atoms with Crippen LogP contribution in [0.1, 0.15) is 36.6 Å². The molecule has 2 rings (SSSR count). The van der Waals surface area contributed by atoms with Crippen LogP contribution in [0.3, 0.4) is 0 Å². The van der Waals surface area contributed by atoms with Crippen LogP contribution in [0.25, 0.3) is 0 Å². The third-order valence-electron chi connectivity index (χ3n) is 3.61.